The zero-order valence-electron chi connectivity index (χ0n) is 10.8. The van der Waals surface area contributed by atoms with Crippen molar-refractivity contribution in [3.8, 4) is 6.07 Å². The molecule has 1 fully saturated rings. The fourth-order valence-electron chi connectivity index (χ4n) is 2.22. The molecule has 1 aromatic heterocycles. The third-order valence-electron chi connectivity index (χ3n) is 3.56. The molecule has 0 bridgehead atoms. The minimum atomic E-state index is -0.809. The molecule has 19 heavy (non-hydrogen) atoms. The van der Waals surface area contributed by atoms with Crippen molar-refractivity contribution < 1.29 is 9.90 Å². The first kappa shape index (κ1) is 13.6. The SMILES string of the molecule is Cc1nc(N2CCC(C)(C(=O)O)C2)c(Cl)cc1C#N. The Balaban J connectivity index is 2.33. The highest BCUT2D eigenvalue weighted by Crippen LogP contribution is 2.36. The van der Waals surface area contributed by atoms with Gasteiger partial charge in [-0.1, -0.05) is 11.6 Å². The van der Waals surface area contributed by atoms with E-state index in [0.717, 1.165) is 0 Å². The van der Waals surface area contributed by atoms with Crippen molar-refractivity contribution in [3.05, 3.63) is 22.3 Å². The highest BCUT2D eigenvalue weighted by Gasteiger charge is 2.41. The summed E-state index contributed by atoms with van der Waals surface area (Å²) in [6.45, 7) is 4.44. The quantitative estimate of drug-likeness (QED) is 0.898. The van der Waals surface area contributed by atoms with Gasteiger partial charge in [-0.3, -0.25) is 4.79 Å². The number of carboxylic acids is 1. The summed E-state index contributed by atoms with van der Waals surface area (Å²) in [4.78, 5) is 17.4. The van der Waals surface area contributed by atoms with Crippen LogP contribution >= 0.6 is 11.6 Å². The van der Waals surface area contributed by atoms with Crippen molar-refractivity contribution in [3.63, 3.8) is 0 Å². The van der Waals surface area contributed by atoms with Crippen LogP contribution in [0.5, 0.6) is 0 Å². The number of carboxylic acid groups (broad SMARTS) is 1. The molecule has 1 N–H and O–H groups in total. The van der Waals surface area contributed by atoms with Gasteiger partial charge >= 0.3 is 5.97 Å². The summed E-state index contributed by atoms with van der Waals surface area (Å²) in [7, 11) is 0. The van der Waals surface area contributed by atoms with Gasteiger partial charge in [0.15, 0.2) is 0 Å². The van der Waals surface area contributed by atoms with Crippen LogP contribution in [0.15, 0.2) is 6.07 Å². The lowest BCUT2D eigenvalue weighted by molar-refractivity contribution is -0.146. The molecule has 1 aliphatic rings. The van der Waals surface area contributed by atoms with Gasteiger partial charge in [-0.05, 0) is 26.3 Å². The number of anilines is 1. The monoisotopic (exact) mass is 279 g/mol. The average Bonchev–Trinajstić information content (AvgIpc) is 2.75. The van der Waals surface area contributed by atoms with Crippen molar-refractivity contribution in [1.82, 2.24) is 4.98 Å². The Morgan fingerprint density at radius 2 is 2.37 bits per heavy atom. The van der Waals surface area contributed by atoms with Crippen LogP contribution in [0.1, 0.15) is 24.6 Å². The van der Waals surface area contributed by atoms with Crippen LogP contribution in [0.4, 0.5) is 5.82 Å². The Hall–Kier alpha value is -1.80. The fourth-order valence-corrected chi connectivity index (χ4v) is 2.49. The smallest absolute Gasteiger partial charge is 0.311 e. The Kier molecular flexibility index (Phi) is 3.38. The van der Waals surface area contributed by atoms with Gasteiger partial charge in [0.25, 0.3) is 0 Å². The summed E-state index contributed by atoms with van der Waals surface area (Å²) in [5.74, 6) is -0.250. The van der Waals surface area contributed by atoms with Crippen LogP contribution < -0.4 is 4.90 Å². The third-order valence-corrected chi connectivity index (χ3v) is 3.84. The molecule has 1 atom stereocenters. The van der Waals surface area contributed by atoms with E-state index < -0.39 is 11.4 Å². The number of aromatic nitrogens is 1. The van der Waals surface area contributed by atoms with Crippen LogP contribution in [0.3, 0.4) is 0 Å². The first-order valence-electron chi connectivity index (χ1n) is 5.93. The van der Waals surface area contributed by atoms with Crippen LogP contribution in [-0.2, 0) is 4.79 Å². The molecule has 100 valence electrons. The number of halogens is 1. The maximum Gasteiger partial charge on any atom is 0.311 e. The van der Waals surface area contributed by atoms with Crippen molar-refractivity contribution in [2.75, 3.05) is 18.0 Å². The van der Waals surface area contributed by atoms with Gasteiger partial charge in [0.1, 0.15) is 11.9 Å². The van der Waals surface area contributed by atoms with E-state index in [0.29, 0.717) is 41.6 Å². The molecule has 5 nitrogen and oxygen atoms in total. The number of nitriles is 1. The van der Waals surface area contributed by atoms with Gasteiger partial charge in [-0.15, -0.1) is 0 Å². The van der Waals surface area contributed by atoms with Gasteiger partial charge in [-0.2, -0.15) is 5.26 Å². The van der Waals surface area contributed by atoms with Crippen molar-refractivity contribution >= 4 is 23.4 Å². The number of carbonyl (C=O) groups is 1. The Labute approximate surface area is 116 Å². The van der Waals surface area contributed by atoms with Gasteiger partial charge in [0.2, 0.25) is 0 Å². The van der Waals surface area contributed by atoms with Crippen molar-refractivity contribution in [1.29, 1.82) is 5.26 Å². The molecule has 0 aromatic carbocycles. The second kappa shape index (κ2) is 4.71. The van der Waals surface area contributed by atoms with E-state index in [2.05, 4.69) is 4.98 Å². The topological polar surface area (TPSA) is 77.2 Å². The van der Waals surface area contributed by atoms with E-state index in [1.165, 1.54) is 0 Å². The van der Waals surface area contributed by atoms with E-state index >= 15 is 0 Å². The highest BCUT2D eigenvalue weighted by molar-refractivity contribution is 6.33. The Bertz CT molecular complexity index is 582. The van der Waals surface area contributed by atoms with Crippen LogP contribution in [-0.4, -0.2) is 29.1 Å². The summed E-state index contributed by atoms with van der Waals surface area (Å²) >= 11 is 6.13. The Morgan fingerprint density at radius 1 is 1.68 bits per heavy atom. The second-order valence-corrected chi connectivity index (χ2v) is 5.48. The zero-order chi connectivity index (χ0) is 14.2. The van der Waals surface area contributed by atoms with E-state index in [-0.39, 0.29) is 0 Å². The molecule has 2 heterocycles. The van der Waals surface area contributed by atoms with Gasteiger partial charge in [0, 0.05) is 13.1 Å². The largest absolute Gasteiger partial charge is 0.481 e. The van der Waals surface area contributed by atoms with E-state index in [1.807, 2.05) is 11.0 Å². The minimum absolute atomic E-state index is 0.375. The van der Waals surface area contributed by atoms with Crippen molar-refractivity contribution in [2.24, 2.45) is 5.41 Å². The molecule has 0 spiro atoms. The number of aryl methyl sites for hydroxylation is 1. The van der Waals surface area contributed by atoms with Crippen LogP contribution in [0.2, 0.25) is 5.02 Å². The first-order valence-corrected chi connectivity index (χ1v) is 6.31. The molecular formula is C13H14ClN3O2. The Morgan fingerprint density at radius 3 is 2.89 bits per heavy atom. The summed E-state index contributed by atoms with van der Waals surface area (Å²) in [5.41, 5.74) is 0.270. The number of hydrogen-bond donors (Lipinski definition) is 1. The van der Waals surface area contributed by atoms with Gasteiger partial charge in [-0.25, -0.2) is 4.98 Å². The van der Waals surface area contributed by atoms with Crippen LogP contribution in [0.25, 0.3) is 0 Å². The van der Waals surface area contributed by atoms with Gasteiger partial charge in [0.05, 0.1) is 21.7 Å². The lowest BCUT2D eigenvalue weighted by Crippen LogP contribution is -2.32. The molecule has 1 aliphatic heterocycles. The maximum atomic E-state index is 11.2. The lowest BCUT2D eigenvalue weighted by Gasteiger charge is -2.22. The standard InChI is InChI=1S/C13H14ClN3O2/c1-8-9(6-15)5-10(14)11(16-8)17-4-3-13(2,7-17)12(18)19/h5H,3-4,7H2,1-2H3,(H,18,19). The number of rotatable bonds is 2. The van der Waals surface area contributed by atoms with E-state index in [9.17, 15) is 9.90 Å². The molecule has 1 saturated heterocycles. The zero-order valence-corrected chi connectivity index (χ0v) is 11.5. The predicted octanol–water partition coefficient (Wildman–Crippen LogP) is 2.22. The first-order chi connectivity index (χ1) is 8.87. The highest BCUT2D eigenvalue weighted by atomic mass is 35.5. The molecule has 1 unspecified atom stereocenters. The maximum absolute atomic E-state index is 11.2. The third kappa shape index (κ3) is 2.36. The number of hydrogen-bond acceptors (Lipinski definition) is 4. The predicted molar refractivity (Wildman–Crippen MR) is 71.3 cm³/mol. The molecule has 0 aliphatic carbocycles. The molecule has 0 radical (unpaired) electrons. The number of pyridine rings is 1. The van der Waals surface area contributed by atoms with Crippen molar-refractivity contribution in [2.45, 2.75) is 20.3 Å². The van der Waals surface area contributed by atoms with E-state index in [4.69, 9.17) is 16.9 Å². The number of nitrogens with zero attached hydrogens (tertiary/aromatic N) is 3. The summed E-state index contributed by atoms with van der Waals surface area (Å²) < 4.78 is 0. The van der Waals surface area contributed by atoms with Gasteiger partial charge < -0.3 is 10.0 Å². The van der Waals surface area contributed by atoms with Crippen LogP contribution in [0, 0.1) is 23.7 Å². The lowest BCUT2D eigenvalue weighted by atomic mass is 9.90. The summed E-state index contributed by atoms with van der Waals surface area (Å²) in [6, 6.07) is 3.61. The minimum Gasteiger partial charge on any atom is -0.481 e. The summed E-state index contributed by atoms with van der Waals surface area (Å²) in [6.07, 6.45) is 0.555. The molecule has 2 rings (SSSR count). The second-order valence-electron chi connectivity index (χ2n) is 5.08. The molecular weight excluding hydrogens is 266 g/mol. The molecule has 0 saturated carbocycles. The molecule has 0 amide bonds. The average molecular weight is 280 g/mol. The normalized spacial score (nSPS) is 22.3. The fraction of sp³-hybridized carbons (Fsp3) is 0.462. The molecule has 1 aromatic rings. The van der Waals surface area contributed by atoms with E-state index in [1.54, 1.807) is 19.9 Å². The molecule has 6 heteroatoms. The number of aliphatic carboxylic acids is 1. The summed E-state index contributed by atoms with van der Waals surface area (Å²) in [5, 5.41) is 18.5.